The average Bonchev–Trinajstić information content (AvgIpc) is 2.55. The van der Waals surface area contributed by atoms with E-state index in [1.807, 2.05) is 12.1 Å². The van der Waals surface area contributed by atoms with Gasteiger partial charge in [0.15, 0.2) is 0 Å². The van der Waals surface area contributed by atoms with Crippen molar-refractivity contribution < 1.29 is 0 Å². The number of hydrogen-bond donors (Lipinski definition) is 0. The zero-order chi connectivity index (χ0) is 16.8. The fourth-order valence-electron chi connectivity index (χ4n) is 2.42. The average molecular weight is 349 g/mol. The topological polar surface area (TPSA) is 0 Å². The fourth-order valence-corrected chi connectivity index (χ4v) is 2.71. The predicted octanol–water partition coefficient (Wildman–Crippen LogP) is 7.27. The molecule has 0 spiro atoms. The highest BCUT2D eigenvalue weighted by atomic mass is 35.5. The number of halogens is 2. The van der Waals surface area contributed by atoms with Gasteiger partial charge in [-0.05, 0) is 31.0 Å². The van der Waals surface area contributed by atoms with Crippen LogP contribution in [0.2, 0.25) is 10.0 Å². The summed E-state index contributed by atoms with van der Waals surface area (Å²) in [6.07, 6.45) is 18.7. The van der Waals surface area contributed by atoms with Crippen LogP contribution in [-0.4, -0.2) is 0 Å². The zero-order valence-corrected chi connectivity index (χ0v) is 15.4. The van der Waals surface area contributed by atoms with Gasteiger partial charge in [0.05, 0.1) is 10.0 Å². The molecule has 1 aromatic carbocycles. The molecule has 0 atom stereocenters. The van der Waals surface area contributed by atoms with Crippen molar-refractivity contribution in [1.82, 2.24) is 0 Å². The maximum absolute atomic E-state index is 5.96. The van der Waals surface area contributed by atoms with Gasteiger partial charge in [0.2, 0.25) is 0 Å². The summed E-state index contributed by atoms with van der Waals surface area (Å²) < 4.78 is 0. The molecule has 0 aliphatic rings. The lowest BCUT2D eigenvalue weighted by atomic mass is 10.1. The minimum Gasteiger partial charge on any atom is -0.120 e. The molecule has 0 fully saturated rings. The second kappa shape index (κ2) is 13.4. The third-order valence-corrected chi connectivity index (χ3v) is 4.51. The van der Waals surface area contributed by atoms with Crippen molar-refractivity contribution in [3.8, 4) is 24.2 Å². The van der Waals surface area contributed by atoms with E-state index >= 15 is 0 Å². The van der Waals surface area contributed by atoms with E-state index in [0.717, 1.165) is 18.4 Å². The Labute approximate surface area is 152 Å². The summed E-state index contributed by atoms with van der Waals surface area (Å²) in [6.45, 7) is 0. The van der Waals surface area contributed by atoms with Gasteiger partial charge in [0, 0.05) is 18.4 Å². The SMILES string of the molecule is C#CCCCCCCCCCCCC#Cc1ccc(Cl)c(Cl)c1. The first-order valence-corrected chi connectivity index (χ1v) is 9.37. The first-order valence-electron chi connectivity index (χ1n) is 8.61. The Balaban J connectivity index is 1.97. The molecule has 0 bridgehead atoms. The van der Waals surface area contributed by atoms with Gasteiger partial charge >= 0.3 is 0 Å². The first kappa shape index (κ1) is 20.0. The molecule has 0 saturated carbocycles. The maximum Gasteiger partial charge on any atom is 0.0604 e. The van der Waals surface area contributed by atoms with Crippen LogP contribution in [0.4, 0.5) is 0 Å². The van der Waals surface area contributed by atoms with Crippen LogP contribution < -0.4 is 0 Å². The smallest absolute Gasteiger partial charge is 0.0604 e. The van der Waals surface area contributed by atoms with Crippen LogP contribution in [-0.2, 0) is 0 Å². The van der Waals surface area contributed by atoms with E-state index in [9.17, 15) is 0 Å². The fraction of sp³-hybridized carbons (Fsp3) is 0.524. The molecule has 0 nitrogen and oxygen atoms in total. The van der Waals surface area contributed by atoms with Gasteiger partial charge in [-0.2, -0.15) is 0 Å². The molecule has 1 rings (SSSR count). The Morgan fingerprint density at radius 2 is 1.30 bits per heavy atom. The molecule has 0 aliphatic carbocycles. The van der Waals surface area contributed by atoms with E-state index in [2.05, 4.69) is 17.8 Å². The van der Waals surface area contributed by atoms with Gasteiger partial charge in [-0.15, -0.1) is 12.3 Å². The molecule has 23 heavy (non-hydrogen) atoms. The lowest BCUT2D eigenvalue weighted by Crippen LogP contribution is -1.82. The molecule has 0 unspecified atom stereocenters. The van der Waals surface area contributed by atoms with E-state index < -0.39 is 0 Å². The van der Waals surface area contributed by atoms with Crippen molar-refractivity contribution in [2.24, 2.45) is 0 Å². The molecule has 1 aromatic rings. The Morgan fingerprint density at radius 3 is 1.87 bits per heavy atom. The molecule has 0 aromatic heterocycles. The van der Waals surface area contributed by atoms with E-state index in [1.165, 1.54) is 57.8 Å². The summed E-state index contributed by atoms with van der Waals surface area (Å²) in [5.74, 6) is 9.05. The summed E-state index contributed by atoms with van der Waals surface area (Å²) in [6, 6.07) is 5.52. The Kier molecular flexibility index (Phi) is 11.6. The Hall–Kier alpha value is -1.08. The largest absolute Gasteiger partial charge is 0.120 e. The van der Waals surface area contributed by atoms with Crippen LogP contribution in [0.15, 0.2) is 18.2 Å². The van der Waals surface area contributed by atoms with Crippen molar-refractivity contribution >= 4 is 23.2 Å². The van der Waals surface area contributed by atoms with Crippen molar-refractivity contribution in [2.45, 2.75) is 70.6 Å². The third kappa shape index (κ3) is 10.3. The van der Waals surface area contributed by atoms with Crippen LogP contribution >= 0.6 is 23.2 Å². The van der Waals surface area contributed by atoms with Crippen molar-refractivity contribution in [2.75, 3.05) is 0 Å². The highest BCUT2D eigenvalue weighted by Crippen LogP contribution is 2.22. The summed E-state index contributed by atoms with van der Waals surface area (Å²) in [4.78, 5) is 0. The second-order valence-corrected chi connectivity index (χ2v) is 6.63. The number of hydrogen-bond acceptors (Lipinski definition) is 0. The van der Waals surface area contributed by atoms with E-state index in [0.29, 0.717) is 10.0 Å². The van der Waals surface area contributed by atoms with E-state index in [-0.39, 0.29) is 0 Å². The molecular weight excluding hydrogens is 323 g/mol. The standard InChI is InChI=1S/C21H26Cl2/c1-2-3-4-5-6-7-8-9-10-11-12-13-14-15-19-16-17-20(22)21(23)18-19/h1,16-18H,3-13H2. The summed E-state index contributed by atoms with van der Waals surface area (Å²) in [7, 11) is 0. The first-order chi connectivity index (χ1) is 11.2. The number of unbranched alkanes of at least 4 members (excludes halogenated alkanes) is 10. The van der Waals surface area contributed by atoms with Gasteiger partial charge in [0.25, 0.3) is 0 Å². The molecule has 0 N–H and O–H groups in total. The number of rotatable bonds is 10. The highest BCUT2D eigenvalue weighted by molar-refractivity contribution is 6.42. The number of terminal acetylenes is 1. The second-order valence-electron chi connectivity index (χ2n) is 5.82. The van der Waals surface area contributed by atoms with Gasteiger partial charge in [-0.1, -0.05) is 80.0 Å². The molecule has 0 radical (unpaired) electrons. The molecular formula is C21H26Cl2. The Morgan fingerprint density at radius 1 is 0.739 bits per heavy atom. The summed E-state index contributed by atoms with van der Waals surface area (Å²) in [5.41, 5.74) is 0.934. The van der Waals surface area contributed by atoms with Gasteiger partial charge in [-0.3, -0.25) is 0 Å². The molecule has 2 heteroatoms. The highest BCUT2D eigenvalue weighted by Gasteiger charge is 1.96. The molecule has 0 aliphatic heterocycles. The molecule has 124 valence electrons. The summed E-state index contributed by atoms with van der Waals surface area (Å²) in [5, 5.41) is 1.14. The number of benzene rings is 1. The Bertz CT molecular complexity index is 543. The van der Waals surface area contributed by atoms with Crippen LogP contribution in [0, 0.1) is 24.2 Å². The van der Waals surface area contributed by atoms with Crippen molar-refractivity contribution in [1.29, 1.82) is 0 Å². The zero-order valence-electron chi connectivity index (χ0n) is 13.8. The van der Waals surface area contributed by atoms with E-state index in [1.54, 1.807) is 6.07 Å². The third-order valence-electron chi connectivity index (χ3n) is 3.78. The molecule has 0 saturated heterocycles. The normalized spacial score (nSPS) is 9.96. The molecule has 0 heterocycles. The minimum atomic E-state index is 0.567. The predicted molar refractivity (Wildman–Crippen MR) is 103 cm³/mol. The molecule has 0 amide bonds. The van der Waals surface area contributed by atoms with Crippen molar-refractivity contribution in [3.63, 3.8) is 0 Å². The van der Waals surface area contributed by atoms with Gasteiger partial charge in [0.1, 0.15) is 0 Å². The quantitative estimate of drug-likeness (QED) is 0.308. The minimum absolute atomic E-state index is 0.567. The van der Waals surface area contributed by atoms with Crippen LogP contribution in [0.25, 0.3) is 0 Å². The summed E-state index contributed by atoms with van der Waals surface area (Å²) >= 11 is 11.8. The van der Waals surface area contributed by atoms with Crippen LogP contribution in [0.1, 0.15) is 76.2 Å². The van der Waals surface area contributed by atoms with E-state index in [4.69, 9.17) is 29.6 Å². The van der Waals surface area contributed by atoms with Gasteiger partial charge in [-0.25, -0.2) is 0 Å². The lowest BCUT2D eigenvalue weighted by Gasteiger charge is -2.00. The lowest BCUT2D eigenvalue weighted by molar-refractivity contribution is 0.563. The maximum atomic E-state index is 5.96. The van der Waals surface area contributed by atoms with Gasteiger partial charge < -0.3 is 0 Å². The van der Waals surface area contributed by atoms with Crippen molar-refractivity contribution in [3.05, 3.63) is 33.8 Å². The van der Waals surface area contributed by atoms with Crippen LogP contribution in [0.3, 0.4) is 0 Å². The van der Waals surface area contributed by atoms with Crippen LogP contribution in [0.5, 0.6) is 0 Å². The monoisotopic (exact) mass is 348 g/mol.